The van der Waals surface area contributed by atoms with Gasteiger partial charge in [0.05, 0.1) is 11.4 Å². The maximum Gasteiger partial charge on any atom is 0.0768 e. The zero-order valence-corrected chi connectivity index (χ0v) is 10.5. The fraction of sp³-hybridized carbons (Fsp3) is 0.769. The number of aromatic nitrogens is 2. The Bertz CT molecular complexity index is 342. The van der Waals surface area contributed by atoms with E-state index in [0.29, 0.717) is 0 Å². The number of rotatable bonds is 2. The molecule has 1 aromatic heterocycles. The topological polar surface area (TPSA) is 33.1 Å². The van der Waals surface area contributed by atoms with Crippen molar-refractivity contribution in [2.24, 2.45) is 0 Å². The van der Waals surface area contributed by atoms with Crippen LogP contribution in [-0.2, 0) is 19.6 Å². The molecule has 1 fully saturated rings. The van der Waals surface area contributed by atoms with Gasteiger partial charge in [0.2, 0.25) is 0 Å². The van der Waals surface area contributed by atoms with Crippen LogP contribution in [0.1, 0.15) is 37.1 Å². The quantitative estimate of drug-likeness (QED) is 0.839. The molecule has 2 aliphatic rings. The number of hydrogen-bond acceptors (Lipinski definition) is 3. The van der Waals surface area contributed by atoms with E-state index in [1.165, 1.54) is 50.2 Å². The van der Waals surface area contributed by atoms with Gasteiger partial charge in [-0.15, -0.1) is 0 Å². The molecule has 0 aliphatic carbocycles. The van der Waals surface area contributed by atoms with Crippen molar-refractivity contribution in [2.45, 2.75) is 45.3 Å². The van der Waals surface area contributed by atoms with Crippen LogP contribution >= 0.6 is 0 Å². The highest BCUT2D eigenvalue weighted by molar-refractivity contribution is 5.11. The lowest BCUT2D eigenvalue weighted by Crippen LogP contribution is -2.29. The highest BCUT2D eigenvalue weighted by Crippen LogP contribution is 2.14. The average molecular weight is 234 g/mol. The van der Waals surface area contributed by atoms with Gasteiger partial charge >= 0.3 is 0 Å². The van der Waals surface area contributed by atoms with Gasteiger partial charge in [-0.1, -0.05) is 6.42 Å². The average Bonchev–Trinajstić information content (AvgIpc) is 2.60. The largest absolute Gasteiger partial charge is 0.311 e. The molecule has 0 unspecified atom stereocenters. The summed E-state index contributed by atoms with van der Waals surface area (Å²) in [5, 5.41) is 8.19. The van der Waals surface area contributed by atoms with E-state index < -0.39 is 0 Å². The molecule has 1 N–H and O–H groups in total. The normalized spacial score (nSPS) is 22.1. The van der Waals surface area contributed by atoms with Gasteiger partial charge in [0, 0.05) is 19.6 Å². The first-order chi connectivity index (χ1) is 8.42. The molecule has 17 heavy (non-hydrogen) atoms. The SMILES string of the molecule is c1c(CN2CCCCC2)nn2c1CNCCC2. The first-order valence-electron chi connectivity index (χ1n) is 6.90. The second kappa shape index (κ2) is 5.19. The van der Waals surface area contributed by atoms with E-state index in [4.69, 9.17) is 5.10 Å². The predicted octanol–water partition coefficient (Wildman–Crippen LogP) is 1.36. The third-order valence-corrected chi connectivity index (χ3v) is 3.78. The van der Waals surface area contributed by atoms with Crippen LogP contribution in [0.2, 0.25) is 0 Å². The van der Waals surface area contributed by atoms with Gasteiger partial charge in [0.15, 0.2) is 0 Å². The second-order valence-corrected chi connectivity index (χ2v) is 5.22. The molecular weight excluding hydrogens is 212 g/mol. The van der Waals surface area contributed by atoms with Crippen molar-refractivity contribution in [1.82, 2.24) is 20.0 Å². The van der Waals surface area contributed by atoms with Crippen LogP contribution in [0, 0.1) is 0 Å². The van der Waals surface area contributed by atoms with E-state index in [0.717, 1.165) is 26.2 Å². The lowest BCUT2D eigenvalue weighted by Gasteiger charge is -2.25. The lowest BCUT2D eigenvalue weighted by atomic mass is 10.1. The van der Waals surface area contributed by atoms with Crippen LogP contribution in [0.3, 0.4) is 0 Å². The van der Waals surface area contributed by atoms with Crippen LogP contribution in [0.25, 0.3) is 0 Å². The minimum Gasteiger partial charge on any atom is -0.311 e. The van der Waals surface area contributed by atoms with Gasteiger partial charge in [-0.2, -0.15) is 5.10 Å². The Morgan fingerprint density at radius 2 is 2.00 bits per heavy atom. The molecule has 1 aromatic rings. The van der Waals surface area contributed by atoms with E-state index in [9.17, 15) is 0 Å². The van der Waals surface area contributed by atoms with Gasteiger partial charge in [-0.25, -0.2) is 0 Å². The molecule has 3 rings (SSSR count). The van der Waals surface area contributed by atoms with Crippen LogP contribution in [0.5, 0.6) is 0 Å². The van der Waals surface area contributed by atoms with E-state index in [-0.39, 0.29) is 0 Å². The third-order valence-electron chi connectivity index (χ3n) is 3.78. The summed E-state index contributed by atoms with van der Waals surface area (Å²) in [6.45, 7) is 6.71. The maximum absolute atomic E-state index is 4.74. The van der Waals surface area contributed by atoms with Crippen molar-refractivity contribution in [3.8, 4) is 0 Å². The fourth-order valence-electron chi connectivity index (χ4n) is 2.85. The summed E-state index contributed by atoms with van der Waals surface area (Å²) in [7, 11) is 0. The minimum absolute atomic E-state index is 0.979. The molecule has 0 amide bonds. The van der Waals surface area contributed by atoms with Gasteiger partial charge in [-0.05, 0) is 45.0 Å². The molecular formula is C13H22N4. The molecule has 0 radical (unpaired) electrons. The summed E-state index contributed by atoms with van der Waals surface area (Å²) in [5.74, 6) is 0. The molecule has 0 bridgehead atoms. The molecule has 4 nitrogen and oxygen atoms in total. The molecule has 0 saturated carbocycles. The van der Waals surface area contributed by atoms with Crippen molar-refractivity contribution in [1.29, 1.82) is 0 Å². The second-order valence-electron chi connectivity index (χ2n) is 5.22. The first-order valence-corrected chi connectivity index (χ1v) is 6.90. The summed E-state index contributed by atoms with van der Waals surface area (Å²) in [6, 6.07) is 2.28. The smallest absolute Gasteiger partial charge is 0.0768 e. The predicted molar refractivity (Wildman–Crippen MR) is 67.7 cm³/mol. The molecule has 0 aromatic carbocycles. The van der Waals surface area contributed by atoms with Crippen molar-refractivity contribution in [3.63, 3.8) is 0 Å². The first kappa shape index (κ1) is 11.2. The molecule has 0 atom stereocenters. The number of hydrogen-bond donors (Lipinski definition) is 1. The van der Waals surface area contributed by atoms with Crippen LogP contribution in [-0.4, -0.2) is 34.3 Å². The zero-order chi connectivity index (χ0) is 11.5. The summed E-state index contributed by atoms with van der Waals surface area (Å²) in [6.07, 6.45) is 5.31. The number of nitrogens with one attached hydrogen (secondary N) is 1. The Kier molecular flexibility index (Phi) is 3.43. The summed E-state index contributed by atoms with van der Waals surface area (Å²) in [4.78, 5) is 2.54. The van der Waals surface area contributed by atoms with Gasteiger partial charge < -0.3 is 5.32 Å². The monoisotopic (exact) mass is 234 g/mol. The summed E-state index contributed by atoms with van der Waals surface area (Å²) in [5.41, 5.74) is 2.61. The molecule has 0 spiro atoms. The minimum atomic E-state index is 0.979. The van der Waals surface area contributed by atoms with Crippen molar-refractivity contribution < 1.29 is 0 Å². The Hall–Kier alpha value is -0.870. The van der Waals surface area contributed by atoms with E-state index >= 15 is 0 Å². The molecule has 4 heteroatoms. The number of piperidine rings is 1. The highest BCUT2D eigenvalue weighted by Gasteiger charge is 2.15. The van der Waals surface area contributed by atoms with Crippen molar-refractivity contribution in [3.05, 3.63) is 17.5 Å². The maximum atomic E-state index is 4.74. The van der Waals surface area contributed by atoms with Gasteiger partial charge in [0.1, 0.15) is 0 Å². The Morgan fingerprint density at radius 1 is 1.12 bits per heavy atom. The number of likely N-dealkylation sites (tertiary alicyclic amines) is 1. The molecule has 3 heterocycles. The number of fused-ring (bicyclic) bond motifs is 1. The zero-order valence-electron chi connectivity index (χ0n) is 10.5. The Morgan fingerprint density at radius 3 is 2.88 bits per heavy atom. The third kappa shape index (κ3) is 2.69. The molecule has 2 aliphatic heterocycles. The number of aryl methyl sites for hydroxylation is 1. The standard InChI is InChI=1S/C13H22N4/c1-2-6-16(7-3-1)11-12-9-13-10-14-5-4-8-17(13)15-12/h9,14H,1-8,10-11H2. The summed E-state index contributed by atoms with van der Waals surface area (Å²) >= 11 is 0. The Balaban J connectivity index is 1.67. The van der Waals surface area contributed by atoms with E-state index in [2.05, 4.69) is 21.0 Å². The van der Waals surface area contributed by atoms with Crippen LogP contribution in [0.4, 0.5) is 0 Å². The van der Waals surface area contributed by atoms with E-state index in [1.54, 1.807) is 0 Å². The van der Waals surface area contributed by atoms with Crippen molar-refractivity contribution in [2.75, 3.05) is 19.6 Å². The lowest BCUT2D eigenvalue weighted by molar-refractivity contribution is 0.218. The van der Waals surface area contributed by atoms with Crippen molar-refractivity contribution >= 4 is 0 Å². The Labute approximate surface area is 103 Å². The molecule has 94 valence electrons. The van der Waals surface area contributed by atoms with Gasteiger partial charge in [0.25, 0.3) is 0 Å². The van der Waals surface area contributed by atoms with Gasteiger partial charge in [-0.3, -0.25) is 9.58 Å². The van der Waals surface area contributed by atoms with E-state index in [1.807, 2.05) is 0 Å². The van der Waals surface area contributed by atoms with Crippen LogP contribution in [0.15, 0.2) is 6.07 Å². The molecule has 1 saturated heterocycles. The van der Waals surface area contributed by atoms with Crippen LogP contribution < -0.4 is 5.32 Å². The fourth-order valence-corrected chi connectivity index (χ4v) is 2.85. The highest BCUT2D eigenvalue weighted by atomic mass is 15.3. The number of nitrogens with zero attached hydrogens (tertiary/aromatic N) is 3. The summed E-state index contributed by atoms with van der Waals surface area (Å²) < 4.78 is 2.19.